The number of benzene rings is 1. The lowest BCUT2D eigenvalue weighted by molar-refractivity contribution is -0.249. The summed E-state index contributed by atoms with van der Waals surface area (Å²) >= 11 is 0. The zero-order chi connectivity index (χ0) is 37.1. The van der Waals surface area contributed by atoms with Gasteiger partial charge in [-0.05, 0) is 38.8 Å². The Morgan fingerprint density at radius 2 is 1.30 bits per heavy atom. The van der Waals surface area contributed by atoms with Crippen LogP contribution in [0.5, 0.6) is 17.2 Å². The van der Waals surface area contributed by atoms with Crippen molar-refractivity contribution in [3.8, 4) is 17.2 Å². The van der Waals surface area contributed by atoms with Crippen LogP contribution in [0, 0.1) is 5.92 Å². The zero-order valence-corrected chi connectivity index (χ0v) is 28.8. The molecular formula is C32H42N2O16. The van der Waals surface area contributed by atoms with Crippen molar-refractivity contribution in [2.45, 2.75) is 78.1 Å². The third-order valence-electron chi connectivity index (χ3n) is 7.56. The van der Waals surface area contributed by atoms with Crippen molar-refractivity contribution in [3.05, 3.63) is 17.7 Å². The summed E-state index contributed by atoms with van der Waals surface area (Å²) in [6.45, 7) is 6.87. The first-order chi connectivity index (χ1) is 23.7. The summed E-state index contributed by atoms with van der Waals surface area (Å²) in [5.74, 6) is -5.45. The van der Waals surface area contributed by atoms with Gasteiger partial charge in [0.15, 0.2) is 42.1 Å². The zero-order valence-electron chi connectivity index (χ0n) is 28.8. The van der Waals surface area contributed by atoms with E-state index in [9.17, 15) is 33.6 Å². The smallest absolute Gasteiger partial charge is 0.493 e. The number of methoxy groups -OCH3 is 2. The Labute approximate surface area is 287 Å². The molecule has 2 amide bonds. The molecule has 0 aliphatic carbocycles. The van der Waals surface area contributed by atoms with E-state index in [2.05, 4.69) is 5.32 Å². The number of esters is 4. The molecule has 1 N–H and O–H groups in total. The number of amides is 2. The predicted molar refractivity (Wildman–Crippen MR) is 166 cm³/mol. The summed E-state index contributed by atoms with van der Waals surface area (Å²) in [6.07, 6.45) is -8.72. The molecule has 0 spiro atoms. The largest absolute Gasteiger partial charge is 0.514 e. The number of hydrogen-bond donors (Lipinski definition) is 1. The highest BCUT2D eigenvalue weighted by Gasteiger charge is 2.55. The van der Waals surface area contributed by atoms with E-state index in [4.69, 9.17) is 42.6 Å². The monoisotopic (exact) mass is 710 g/mol. The van der Waals surface area contributed by atoms with E-state index in [1.54, 1.807) is 13.8 Å². The van der Waals surface area contributed by atoms with Gasteiger partial charge in [0.2, 0.25) is 5.75 Å². The van der Waals surface area contributed by atoms with Crippen LogP contribution in [-0.4, -0.2) is 118 Å². The fourth-order valence-corrected chi connectivity index (χ4v) is 5.46. The van der Waals surface area contributed by atoms with Gasteiger partial charge in [-0.3, -0.25) is 28.8 Å². The van der Waals surface area contributed by atoms with Crippen LogP contribution in [0.2, 0.25) is 0 Å². The first-order valence-corrected chi connectivity index (χ1v) is 15.8. The molecule has 0 radical (unpaired) electrons. The number of carbonyl (C=O) groups is 7. The van der Waals surface area contributed by atoms with Crippen molar-refractivity contribution in [3.63, 3.8) is 0 Å². The summed E-state index contributed by atoms with van der Waals surface area (Å²) in [5, 5.41) is 2.53. The number of hydrogen-bond acceptors (Lipinski definition) is 16. The average molecular weight is 711 g/mol. The Morgan fingerprint density at radius 1 is 0.780 bits per heavy atom. The summed E-state index contributed by atoms with van der Waals surface area (Å²) in [6, 6.07) is 2.41. The molecule has 3 rings (SSSR count). The van der Waals surface area contributed by atoms with Crippen LogP contribution in [0.3, 0.4) is 0 Å². The average Bonchev–Trinajstić information content (AvgIpc) is 3.06. The highest BCUT2D eigenvalue weighted by molar-refractivity contribution is 5.96. The lowest BCUT2D eigenvalue weighted by Crippen LogP contribution is -2.68. The second-order valence-corrected chi connectivity index (χ2v) is 11.0. The molecule has 2 aliphatic rings. The van der Waals surface area contributed by atoms with Gasteiger partial charge in [0, 0.05) is 39.4 Å². The minimum absolute atomic E-state index is 0.0247. The molecule has 0 bridgehead atoms. The second-order valence-electron chi connectivity index (χ2n) is 11.0. The molecular weight excluding hydrogens is 668 g/mol. The van der Waals surface area contributed by atoms with Gasteiger partial charge in [-0.1, -0.05) is 0 Å². The molecule has 276 valence electrons. The molecule has 0 saturated carbocycles. The Balaban J connectivity index is 2.01. The van der Waals surface area contributed by atoms with Crippen molar-refractivity contribution < 1.29 is 76.2 Å². The van der Waals surface area contributed by atoms with Crippen LogP contribution in [0.15, 0.2) is 12.1 Å². The minimum Gasteiger partial charge on any atom is -0.493 e. The SMILES string of the molecule is CCOC(=O)Oc1c(OC)cc(C(=O)NC2OC(C(=O)N3CCC(C(=O)OCC)CC3)C(OC(C)=O)C(OC(C)=O)C2OC(C)=O)cc1OC. The van der Waals surface area contributed by atoms with Gasteiger partial charge in [0.1, 0.15) is 0 Å². The first kappa shape index (κ1) is 39.3. The summed E-state index contributed by atoms with van der Waals surface area (Å²) in [7, 11) is 2.50. The fraction of sp³-hybridized carbons (Fsp3) is 0.594. The highest BCUT2D eigenvalue weighted by atomic mass is 16.7. The molecule has 1 aromatic carbocycles. The van der Waals surface area contributed by atoms with Gasteiger partial charge in [0.25, 0.3) is 11.8 Å². The standard InChI is InChI=1S/C32H42N2O16/c1-8-44-31(40)19-10-12-34(13-11-19)30(39)27-25(47-17(4)36)24(46-16(3)35)26(48-18(5)37)29(49-27)33-28(38)20-14-21(42-6)23(22(15-20)43-7)50-32(41)45-9-2/h14-15,19,24-27,29H,8-13H2,1-7H3,(H,33,38). The van der Waals surface area contributed by atoms with Crippen molar-refractivity contribution >= 4 is 41.8 Å². The summed E-state index contributed by atoms with van der Waals surface area (Å²) < 4.78 is 48.1. The topological polar surface area (TPSA) is 218 Å². The maximum absolute atomic E-state index is 14.0. The van der Waals surface area contributed by atoms with Gasteiger partial charge in [-0.2, -0.15) is 0 Å². The number of carbonyl (C=O) groups excluding carboxylic acids is 7. The Hall–Kier alpha value is -5.13. The molecule has 0 aromatic heterocycles. The number of rotatable bonds is 12. The summed E-state index contributed by atoms with van der Waals surface area (Å²) in [5.41, 5.74) is -0.129. The Bertz CT molecular complexity index is 1410. The van der Waals surface area contributed by atoms with Gasteiger partial charge < -0.3 is 52.8 Å². The second kappa shape index (κ2) is 18.0. The molecule has 18 heteroatoms. The van der Waals surface area contributed by atoms with Crippen molar-refractivity contribution in [1.82, 2.24) is 10.2 Å². The lowest BCUT2D eigenvalue weighted by atomic mass is 9.93. The van der Waals surface area contributed by atoms with E-state index in [0.29, 0.717) is 0 Å². The van der Waals surface area contributed by atoms with Gasteiger partial charge in [-0.25, -0.2) is 4.79 Å². The van der Waals surface area contributed by atoms with E-state index >= 15 is 0 Å². The van der Waals surface area contributed by atoms with Crippen LogP contribution >= 0.6 is 0 Å². The highest BCUT2D eigenvalue weighted by Crippen LogP contribution is 2.39. The molecule has 2 saturated heterocycles. The number of piperidine rings is 1. The summed E-state index contributed by atoms with van der Waals surface area (Å²) in [4.78, 5) is 90.2. The third kappa shape index (κ3) is 9.96. The molecule has 2 heterocycles. The van der Waals surface area contributed by atoms with Gasteiger partial charge in [0.05, 0.1) is 33.4 Å². The van der Waals surface area contributed by atoms with E-state index in [1.807, 2.05) is 0 Å². The van der Waals surface area contributed by atoms with Crippen molar-refractivity contribution in [2.24, 2.45) is 5.92 Å². The van der Waals surface area contributed by atoms with Crippen LogP contribution < -0.4 is 19.5 Å². The van der Waals surface area contributed by atoms with Gasteiger partial charge >= 0.3 is 30.0 Å². The van der Waals surface area contributed by atoms with Crippen LogP contribution in [-0.2, 0) is 52.4 Å². The third-order valence-corrected chi connectivity index (χ3v) is 7.56. The van der Waals surface area contributed by atoms with Crippen LogP contribution in [0.1, 0.15) is 57.8 Å². The number of nitrogens with one attached hydrogen (secondary N) is 1. The number of likely N-dealkylation sites (tertiary alicyclic amines) is 1. The molecule has 2 fully saturated rings. The lowest BCUT2D eigenvalue weighted by Gasteiger charge is -2.45. The number of nitrogens with zero attached hydrogens (tertiary/aromatic N) is 1. The van der Waals surface area contributed by atoms with E-state index in [-0.39, 0.29) is 67.9 Å². The van der Waals surface area contributed by atoms with Crippen LogP contribution in [0.25, 0.3) is 0 Å². The predicted octanol–water partition coefficient (Wildman–Crippen LogP) is 1.29. The quantitative estimate of drug-likeness (QED) is 0.184. The molecule has 1 aromatic rings. The number of ether oxygens (including phenoxy) is 9. The van der Waals surface area contributed by atoms with Crippen LogP contribution in [0.4, 0.5) is 4.79 Å². The molecule has 5 atom stereocenters. The first-order valence-electron chi connectivity index (χ1n) is 15.8. The molecule has 18 nitrogen and oxygen atoms in total. The minimum atomic E-state index is -1.68. The maximum atomic E-state index is 14.0. The van der Waals surface area contributed by atoms with Crippen molar-refractivity contribution in [1.29, 1.82) is 0 Å². The molecule has 2 aliphatic heterocycles. The van der Waals surface area contributed by atoms with Gasteiger partial charge in [-0.15, -0.1) is 0 Å². The Kier molecular flexibility index (Phi) is 14.2. The van der Waals surface area contributed by atoms with E-state index in [0.717, 1.165) is 20.8 Å². The Morgan fingerprint density at radius 3 is 1.80 bits per heavy atom. The van der Waals surface area contributed by atoms with E-state index in [1.165, 1.54) is 31.3 Å². The van der Waals surface area contributed by atoms with Crippen molar-refractivity contribution in [2.75, 3.05) is 40.5 Å². The maximum Gasteiger partial charge on any atom is 0.514 e. The normalized spacial score (nSPS) is 21.9. The van der Waals surface area contributed by atoms with E-state index < -0.39 is 72.4 Å². The molecule has 5 unspecified atom stereocenters. The fourth-order valence-electron chi connectivity index (χ4n) is 5.46. The molecule has 50 heavy (non-hydrogen) atoms.